The van der Waals surface area contributed by atoms with Crippen molar-refractivity contribution in [2.45, 2.75) is 244 Å². The van der Waals surface area contributed by atoms with Gasteiger partial charge in [0, 0.05) is 19.6 Å². The fourth-order valence-electron chi connectivity index (χ4n) is 9.79. The van der Waals surface area contributed by atoms with Gasteiger partial charge in [0.2, 0.25) is 41.9 Å². The summed E-state index contributed by atoms with van der Waals surface area (Å²) in [4.78, 5) is 138. The number of halogens is 5. The van der Waals surface area contributed by atoms with E-state index in [9.17, 15) is 94.8 Å². The van der Waals surface area contributed by atoms with Crippen LogP contribution in [-0.2, 0) is 105 Å². The number of thiazole rings is 5. The average molecular weight is 2230 g/mol. The predicted octanol–water partition coefficient (Wildman–Crippen LogP) is 17.0. The van der Waals surface area contributed by atoms with E-state index in [1.54, 1.807) is 178 Å². The molecule has 800 valence electrons. The van der Waals surface area contributed by atoms with Crippen LogP contribution >= 0.6 is 79.9 Å². The third kappa shape index (κ3) is 56.3. The number of aromatic carboxylic acids is 1. The topological polar surface area (TPSA) is 614 Å². The molecule has 0 aliphatic carbocycles. The second-order valence-electron chi connectivity index (χ2n) is 36.4. The maximum absolute atomic E-state index is 12.8. The van der Waals surface area contributed by atoms with Crippen LogP contribution in [0.3, 0.4) is 0 Å². The number of aromatic nitrogens is 5. The van der Waals surface area contributed by atoms with E-state index >= 15 is 0 Å². The van der Waals surface area contributed by atoms with E-state index in [1.807, 2.05) is 41.5 Å². The first-order chi connectivity index (χ1) is 63.6. The van der Waals surface area contributed by atoms with Crippen molar-refractivity contribution in [1.29, 1.82) is 0 Å². The molecule has 1 unspecified atom stereocenters. The van der Waals surface area contributed by atoms with Crippen molar-refractivity contribution in [2.75, 3.05) is 49.3 Å². The van der Waals surface area contributed by atoms with E-state index in [-0.39, 0.29) is 110 Å². The zero-order chi connectivity index (χ0) is 107. The monoisotopic (exact) mass is 2230 g/mol. The number of esters is 5. The SMILES string of the molecule is C.C.C.CC(C)(C)O.CC(C)(C)OC(=O)OC(=O)OC(C)(C)C.CC(C)(C)OC(=O)c1ccc2nc(C(C(=O)NCCS(N)(=O)=O)S(=O)(=O)CCC(F)(F)F)sc2c1.CC(C)(C)OC(=O)c1ccc2nc(CC(=O)NCCS(N)(=O)=O)sc2c1.CC(C)(C)OC(=O)c1ccc2nc(Cl)sc2c1.CCOC(=O)Cc1nc2ccc(C(=O)OC(C)(C)C)cc2s1.NCCS(N)(=O)=O.O=C(O)c1ccc2nc(Cl)sc2c1. The van der Waals surface area contributed by atoms with Crippen LogP contribution in [0.5, 0.6) is 0 Å². The second kappa shape index (κ2) is 56.1. The third-order valence-corrected chi connectivity index (χ3v) is 24.7. The summed E-state index contributed by atoms with van der Waals surface area (Å²) in [7, 11) is -15.6. The number of carbonyl (C=O) groups is 10. The van der Waals surface area contributed by atoms with Gasteiger partial charge in [-0.3, -0.25) is 14.4 Å². The summed E-state index contributed by atoms with van der Waals surface area (Å²) in [6.07, 6.45) is -8.43. The Labute approximate surface area is 860 Å². The predicted molar refractivity (Wildman–Crippen MR) is 552 cm³/mol. The maximum Gasteiger partial charge on any atom is 0.519 e. The number of carboxylic acid groups (broad SMARTS) is 1. The van der Waals surface area contributed by atoms with E-state index in [1.165, 1.54) is 69.6 Å². The van der Waals surface area contributed by atoms with Crippen molar-refractivity contribution in [1.82, 2.24) is 35.6 Å². The molecule has 53 heteroatoms. The molecule has 0 spiro atoms. The number of aliphatic hydroxyl groups is 1. The van der Waals surface area contributed by atoms with Crippen LogP contribution in [0.2, 0.25) is 8.93 Å². The van der Waals surface area contributed by atoms with Crippen molar-refractivity contribution in [3.63, 3.8) is 0 Å². The molecule has 5 aromatic heterocycles. The van der Waals surface area contributed by atoms with Crippen LogP contribution in [-0.4, -0.2) is 223 Å². The number of alkyl halides is 3. The molecule has 2 amide bonds. The van der Waals surface area contributed by atoms with Crippen molar-refractivity contribution in [3.05, 3.63) is 143 Å². The summed E-state index contributed by atoms with van der Waals surface area (Å²) in [5.41, 5.74) is 5.55. The molecule has 10 aromatic rings. The number of rotatable bonds is 23. The Bertz CT molecular complexity index is 6470. The largest absolute Gasteiger partial charge is 0.519 e. The number of amides is 2. The number of hydrogen-bond acceptors (Lipinski definition) is 38. The summed E-state index contributed by atoms with van der Waals surface area (Å²) in [6, 6.07) is 24.3. The minimum absolute atomic E-state index is 0. The second-order valence-corrected chi connectivity index (χ2v) is 50.4. The molecule has 5 aromatic carbocycles. The van der Waals surface area contributed by atoms with Gasteiger partial charge < -0.3 is 64.5 Å². The lowest BCUT2D eigenvalue weighted by molar-refractivity contribution is -0.142. The first-order valence-electron chi connectivity index (χ1n) is 41.6. The highest BCUT2D eigenvalue weighted by molar-refractivity contribution is 7.92. The zero-order valence-corrected chi connectivity index (χ0v) is 89.5. The Morgan fingerprint density at radius 1 is 0.420 bits per heavy atom. The smallest absolute Gasteiger partial charge is 0.478 e. The van der Waals surface area contributed by atoms with E-state index in [0.717, 1.165) is 35.3 Å². The van der Waals surface area contributed by atoms with Gasteiger partial charge in [0.25, 0.3) is 0 Å². The molecule has 0 fully saturated rings. The number of ether oxygens (including phenoxy) is 8. The van der Waals surface area contributed by atoms with Crippen molar-refractivity contribution in [3.8, 4) is 0 Å². The Kier molecular flexibility index (Phi) is 52.2. The molecule has 1 atom stereocenters. The molecule has 0 aliphatic heterocycles. The molecule has 0 bridgehead atoms. The van der Waals surface area contributed by atoms with Crippen LogP contribution in [0.15, 0.2) is 91.0 Å². The Balaban J connectivity index is 0.00000169. The number of sulfonamides is 3. The third-order valence-electron chi connectivity index (χ3n) is 14.9. The van der Waals surface area contributed by atoms with Gasteiger partial charge in [-0.1, -0.05) is 45.5 Å². The fraction of sp³-hybridized carbons (Fsp3) is 0.500. The number of carboxylic acids is 1. The van der Waals surface area contributed by atoms with Gasteiger partial charge in [0.05, 0.1) is 133 Å². The van der Waals surface area contributed by atoms with E-state index < -0.39 is 151 Å². The Morgan fingerprint density at radius 3 is 1.01 bits per heavy atom. The van der Waals surface area contributed by atoms with Crippen LogP contribution in [0.4, 0.5) is 22.8 Å². The maximum atomic E-state index is 12.8. The van der Waals surface area contributed by atoms with Gasteiger partial charge in [-0.25, -0.2) is 108 Å². The van der Waals surface area contributed by atoms with Gasteiger partial charge in [0.15, 0.2) is 24.0 Å². The first-order valence-corrected chi connectivity index (χ1v) is 53.3. The molecule has 12 N–H and O–H groups in total. The first kappa shape index (κ1) is 133. The quantitative estimate of drug-likeness (QED) is 0.0167. The summed E-state index contributed by atoms with van der Waals surface area (Å²) in [5.74, 6) is -7.17. The molecule has 0 saturated heterocycles. The van der Waals surface area contributed by atoms with E-state index in [4.69, 9.17) is 82.6 Å². The molecule has 10 rings (SSSR count). The lowest BCUT2D eigenvalue weighted by atomic mass is 10.1. The number of carbonyl (C=O) groups excluding carboxylic acids is 9. The number of benzene rings is 5. The molecular formula is C90H128Cl2F3N11O28S9. The highest BCUT2D eigenvalue weighted by Gasteiger charge is 2.41. The van der Waals surface area contributed by atoms with Crippen molar-refractivity contribution < 1.29 is 143 Å². The summed E-state index contributed by atoms with van der Waals surface area (Å²) < 4.78 is 172. The molecule has 0 saturated carbocycles. The Hall–Kier alpha value is -9.98. The minimum atomic E-state index is -4.79. The van der Waals surface area contributed by atoms with Gasteiger partial charge in [-0.05, 0) is 243 Å². The molecular weight excluding hydrogens is 2100 g/mol. The van der Waals surface area contributed by atoms with Crippen LogP contribution in [0.1, 0.15) is 253 Å². The molecule has 0 radical (unpaired) electrons. The van der Waals surface area contributed by atoms with Gasteiger partial charge in [0.1, 0.15) is 48.6 Å². The number of hydrogen-bond donors (Lipinski definition) is 8. The Morgan fingerprint density at radius 2 is 0.713 bits per heavy atom. The number of nitrogens with one attached hydrogen (secondary N) is 2. The number of primary sulfonamides is 3. The van der Waals surface area contributed by atoms with Crippen LogP contribution < -0.4 is 31.8 Å². The van der Waals surface area contributed by atoms with Crippen LogP contribution in [0.25, 0.3) is 51.1 Å². The fourth-order valence-corrected chi connectivity index (χ4v) is 18.1. The van der Waals surface area contributed by atoms with Gasteiger partial charge in [-0.15, -0.1) is 56.7 Å². The van der Waals surface area contributed by atoms with E-state index in [0.29, 0.717) is 59.1 Å². The van der Waals surface area contributed by atoms with E-state index in [2.05, 4.69) is 45.4 Å². The lowest BCUT2D eigenvalue weighted by Crippen LogP contribution is -2.38. The van der Waals surface area contributed by atoms with Gasteiger partial charge >= 0.3 is 54.3 Å². The summed E-state index contributed by atoms with van der Waals surface area (Å²) in [5, 5.41) is 34.8. The highest BCUT2D eigenvalue weighted by Crippen LogP contribution is 2.36. The molecule has 143 heavy (non-hydrogen) atoms. The summed E-state index contributed by atoms with van der Waals surface area (Å²) >= 11 is 17.5. The number of nitrogens with zero attached hydrogens (tertiary/aromatic N) is 5. The van der Waals surface area contributed by atoms with Gasteiger partial charge in [-0.2, -0.15) is 13.2 Å². The van der Waals surface area contributed by atoms with Crippen LogP contribution in [0, 0.1) is 0 Å². The standard InChI is InChI=1S/C19H24F3N3O7S3.C16H21N3O5S2.C16H19NO4S.C12H12ClNO2S.C10H18O5.C8H4ClNO2S.C4H10O.C2H8N2O2S.3CH4/c1-18(2,3)32-17(27)11-4-5-12-13(10-11)33-16(25-12)14(15(26)24-7-9-35(23,30)31)34(28,29)8-6-19(20,21)22;1-16(2,3)24-15(21)10-4-5-11-12(8-10)25-14(19-11)9-13(20)18-6-7-26(17,22)23;1-5-20-14(18)9-13-17-11-7-6-10(8-12(11)22-13)15(19)21-16(2,3)4;1-12(2,3)16-10(15)7-4-5-8-9(6-7)17-11(13)14-8;1-9(2,3)14-7(11)13-8(12)15-10(4,5)6;9-8-10-5-2-1-4(7(11)12)3-6(5)13-8;1-4(2,3)5;3-1-2-7(4,5)6;;;/h4-5,10,14H,6-9H2,1-3H3,(H,24,26)(H2,23,30,31);4-5,8H,6-7,9H2,1-3H3,(H,18,20)(H2,17,22,23);6-8H,5,9H2,1-4H3;4-6H,1-3H3;1-6H3;1-3H,(H,11,12);5H,1-3H3;1-3H2,(H2,4,5,6);3*1H4. The average Bonchev–Trinajstić information content (AvgIpc) is 1.68. The number of fused-ring (bicyclic) bond motifs is 5. The number of sulfone groups is 1. The minimum Gasteiger partial charge on any atom is -0.478 e. The summed E-state index contributed by atoms with van der Waals surface area (Å²) in [6.45, 7) is 38.2. The molecule has 5 heterocycles. The highest BCUT2D eigenvalue weighted by atomic mass is 35.5. The zero-order valence-electron chi connectivity index (χ0n) is 80.6. The number of nitrogens with two attached hydrogens (primary N) is 4. The molecule has 39 nitrogen and oxygen atoms in total. The van der Waals surface area contributed by atoms with Crippen molar-refractivity contribution in [2.24, 2.45) is 21.2 Å². The lowest BCUT2D eigenvalue weighted by Gasteiger charge is -2.20. The normalized spacial score (nSPS) is 12.0. The molecule has 0 aliphatic rings. The van der Waals surface area contributed by atoms with Crippen molar-refractivity contribution >= 4 is 231 Å².